The molecule has 0 saturated heterocycles. The maximum absolute atomic E-state index is 6.13. The molecule has 2 nitrogen and oxygen atoms in total. The minimum Gasteiger partial charge on any atom is -0.396 e. The predicted octanol–water partition coefficient (Wildman–Crippen LogP) is 5.22. The summed E-state index contributed by atoms with van der Waals surface area (Å²) in [6.07, 6.45) is 2.30. The van der Waals surface area contributed by atoms with Crippen LogP contribution < -0.4 is 5.73 Å². The van der Waals surface area contributed by atoms with Gasteiger partial charge in [-0.25, -0.2) is 0 Å². The van der Waals surface area contributed by atoms with E-state index in [9.17, 15) is 0 Å². The maximum Gasteiger partial charge on any atom is 0.0693 e. The Hall–Kier alpha value is -0.440. The van der Waals surface area contributed by atoms with Crippen molar-refractivity contribution in [1.82, 2.24) is 4.90 Å². The van der Waals surface area contributed by atoms with Crippen LogP contribution in [0.3, 0.4) is 0 Å². The van der Waals surface area contributed by atoms with Crippen LogP contribution in [0.2, 0.25) is 10.0 Å². The number of hydrogen-bond donors (Lipinski definition) is 1. The molecule has 2 N–H and O–H groups in total. The quantitative estimate of drug-likeness (QED) is 0.698. The highest BCUT2D eigenvalue weighted by atomic mass is 35.5. The van der Waals surface area contributed by atoms with Crippen molar-refractivity contribution >= 4 is 28.9 Å². The van der Waals surface area contributed by atoms with Crippen molar-refractivity contribution in [2.24, 2.45) is 5.92 Å². The van der Waals surface area contributed by atoms with Gasteiger partial charge in [0.25, 0.3) is 0 Å². The smallest absolute Gasteiger partial charge is 0.0693 e. The van der Waals surface area contributed by atoms with Gasteiger partial charge in [-0.1, -0.05) is 50.9 Å². The van der Waals surface area contributed by atoms with Gasteiger partial charge in [0.1, 0.15) is 0 Å². The molecule has 0 amide bonds. The zero-order chi connectivity index (χ0) is 15.3. The third kappa shape index (κ3) is 4.83. The summed E-state index contributed by atoms with van der Waals surface area (Å²) in [7, 11) is 0. The van der Waals surface area contributed by atoms with Gasteiger partial charge in [-0.15, -0.1) is 0 Å². The lowest BCUT2D eigenvalue weighted by Crippen LogP contribution is -2.36. The minimum absolute atomic E-state index is 0.468. The van der Waals surface area contributed by atoms with Crippen LogP contribution in [0, 0.1) is 5.92 Å². The van der Waals surface area contributed by atoms with Crippen LogP contribution in [0.15, 0.2) is 12.1 Å². The molecule has 1 aromatic carbocycles. The molecule has 0 bridgehead atoms. The van der Waals surface area contributed by atoms with Crippen molar-refractivity contribution in [2.75, 3.05) is 12.3 Å². The Morgan fingerprint density at radius 1 is 1.10 bits per heavy atom. The first-order valence-corrected chi connectivity index (χ1v) is 8.12. The van der Waals surface area contributed by atoms with E-state index in [1.54, 1.807) is 0 Å². The van der Waals surface area contributed by atoms with Gasteiger partial charge >= 0.3 is 0 Å². The number of benzene rings is 1. The van der Waals surface area contributed by atoms with Gasteiger partial charge in [-0.3, -0.25) is 4.90 Å². The number of halogens is 2. The number of nitrogens with two attached hydrogens (primary N) is 1. The molecule has 0 aliphatic heterocycles. The number of hydrogen-bond acceptors (Lipinski definition) is 2. The highest BCUT2D eigenvalue weighted by molar-refractivity contribution is 6.38. The second-order valence-corrected chi connectivity index (χ2v) is 6.58. The summed E-state index contributed by atoms with van der Waals surface area (Å²) < 4.78 is 0. The first-order valence-electron chi connectivity index (χ1n) is 7.36. The van der Waals surface area contributed by atoms with Crippen LogP contribution in [0.4, 0.5) is 5.69 Å². The Balaban J connectivity index is 2.94. The van der Waals surface area contributed by atoms with E-state index in [1.807, 2.05) is 12.1 Å². The van der Waals surface area contributed by atoms with E-state index in [1.165, 1.54) is 0 Å². The van der Waals surface area contributed by atoms with Gasteiger partial charge in [0.2, 0.25) is 0 Å². The van der Waals surface area contributed by atoms with Crippen molar-refractivity contribution in [3.05, 3.63) is 27.7 Å². The van der Waals surface area contributed by atoms with E-state index < -0.39 is 0 Å². The summed E-state index contributed by atoms with van der Waals surface area (Å²) in [5.41, 5.74) is 7.39. The molecule has 20 heavy (non-hydrogen) atoms. The molecule has 0 atom stereocenters. The highest BCUT2D eigenvalue weighted by Gasteiger charge is 2.17. The van der Waals surface area contributed by atoms with Crippen LogP contribution in [-0.2, 0) is 6.54 Å². The Labute approximate surface area is 133 Å². The summed E-state index contributed by atoms with van der Waals surface area (Å²) in [5, 5.41) is 1.09. The Morgan fingerprint density at radius 2 is 1.60 bits per heavy atom. The lowest BCUT2D eigenvalue weighted by molar-refractivity contribution is 0.157. The van der Waals surface area contributed by atoms with Crippen LogP contribution in [-0.4, -0.2) is 17.5 Å². The molecule has 0 saturated carbocycles. The van der Waals surface area contributed by atoms with Crippen LogP contribution in [0.25, 0.3) is 0 Å². The largest absolute Gasteiger partial charge is 0.396 e. The molecule has 0 aliphatic carbocycles. The third-order valence-electron chi connectivity index (χ3n) is 3.58. The fourth-order valence-electron chi connectivity index (χ4n) is 2.58. The molecule has 0 radical (unpaired) electrons. The zero-order valence-electron chi connectivity index (χ0n) is 12.9. The van der Waals surface area contributed by atoms with Crippen molar-refractivity contribution in [1.29, 1.82) is 0 Å². The normalized spacial score (nSPS) is 11.8. The second kappa shape index (κ2) is 8.11. The SMILES string of the molecule is CCC(CC)N(Cc1cc(Cl)c(N)c(Cl)c1)CC(C)C. The van der Waals surface area contributed by atoms with Crippen molar-refractivity contribution in [3.8, 4) is 0 Å². The fourth-order valence-corrected chi connectivity index (χ4v) is 3.11. The van der Waals surface area contributed by atoms with E-state index in [2.05, 4.69) is 32.6 Å². The van der Waals surface area contributed by atoms with Gasteiger partial charge in [0.05, 0.1) is 15.7 Å². The molecule has 0 heterocycles. The summed E-state index contributed by atoms with van der Waals surface area (Å²) in [4.78, 5) is 2.52. The first-order chi connectivity index (χ1) is 9.38. The molecule has 114 valence electrons. The molecule has 1 rings (SSSR count). The molecular weight excluding hydrogens is 291 g/mol. The van der Waals surface area contributed by atoms with Gasteiger partial charge in [-0.05, 0) is 36.5 Å². The molecule has 0 spiro atoms. The summed E-state index contributed by atoms with van der Waals surface area (Å²) in [6, 6.07) is 4.45. The standard InChI is InChI=1S/C16H26Cl2N2/c1-5-13(6-2)20(9-11(3)4)10-12-7-14(17)16(19)15(18)8-12/h7-8,11,13H,5-6,9-10,19H2,1-4H3. The number of nitrogens with zero attached hydrogens (tertiary/aromatic N) is 1. The third-order valence-corrected chi connectivity index (χ3v) is 4.21. The van der Waals surface area contributed by atoms with E-state index in [4.69, 9.17) is 28.9 Å². The van der Waals surface area contributed by atoms with E-state index in [0.717, 1.165) is 31.5 Å². The molecule has 0 unspecified atom stereocenters. The Bertz CT molecular complexity index is 405. The number of nitrogen functional groups attached to an aromatic ring is 1. The minimum atomic E-state index is 0.468. The average molecular weight is 317 g/mol. The number of rotatable bonds is 7. The summed E-state index contributed by atoms with van der Waals surface area (Å²) in [6.45, 7) is 10.9. The Kier molecular flexibility index (Phi) is 7.14. The summed E-state index contributed by atoms with van der Waals surface area (Å²) >= 11 is 12.3. The van der Waals surface area contributed by atoms with Gasteiger partial charge in [0, 0.05) is 19.1 Å². The lowest BCUT2D eigenvalue weighted by atomic mass is 10.1. The van der Waals surface area contributed by atoms with Crippen LogP contribution >= 0.6 is 23.2 Å². The van der Waals surface area contributed by atoms with Crippen molar-refractivity contribution < 1.29 is 0 Å². The molecule has 0 aromatic heterocycles. The molecule has 0 fully saturated rings. The fraction of sp³-hybridized carbons (Fsp3) is 0.625. The maximum atomic E-state index is 6.13. The van der Waals surface area contributed by atoms with Crippen molar-refractivity contribution in [2.45, 2.75) is 53.1 Å². The summed E-state index contributed by atoms with van der Waals surface area (Å²) in [5.74, 6) is 0.635. The zero-order valence-corrected chi connectivity index (χ0v) is 14.4. The van der Waals surface area contributed by atoms with Crippen LogP contribution in [0.5, 0.6) is 0 Å². The van der Waals surface area contributed by atoms with Gasteiger partial charge < -0.3 is 5.73 Å². The number of anilines is 1. The van der Waals surface area contributed by atoms with E-state index >= 15 is 0 Å². The second-order valence-electron chi connectivity index (χ2n) is 5.77. The monoisotopic (exact) mass is 316 g/mol. The highest BCUT2D eigenvalue weighted by Crippen LogP contribution is 2.30. The first kappa shape index (κ1) is 17.6. The molecule has 1 aromatic rings. The average Bonchev–Trinajstić information content (AvgIpc) is 2.36. The van der Waals surface area contributed by atoms with E-state index in [-0.39, 0.29) is 0 Å². The Morgan fingerprint density at radius 3 is 2.00 bits per heavy atom. The van der Waals surface area contributed by atoms with Crippen LogP contribution in [0.1, 0.15) is 46.1 Å². The molecular formula is C16H26Cl2N2. The molecule has 0 aliphatic rings. The predicted molar refractivity (Wildman–Crippen MR) is 90.5 cm³/mol. The topological polar surface area (TPSA) is 29.3 Å². The lowest BCUT2D eigenvalue weighted by Gasteiger charge is -2.32. The van der Waals surface area contributed by atoms with Gasteiger partial charge in [0.15, 0.2) is 0 Å². The van der Waals surface area contributed by atoms with Crippen molar-refractivity contribution in [3.63, 3.8) is 0 Å². The van der Waals surface area contributed by atoms with Gasteiger partial charge in [-0.2, -0.15) is 0 Å². The molecule has 4 heteroatoms. The van der Waals surface area contributed by atoms with E-state index in [0.29, 0.717) is 27.7 Å².